The van der Waals surface area contributed by atoms with Crippen LogP contribution >= 0.6 is 15.9 Å². The molecule has 5 heteroatoms. The molecule has 0 spiro atoms. The number of anilines is 2. The van der Waals surface area contributed by atoms with E-state index in [1.165, 1.54) is 5.56 Å². The quantitative estimate of drug-likeness (QED) is 0.890. The zero-order chi connectivity index (χ0) is 12.8. The van der Waals surface area contributed by atoms with Crippen LogP contribution in [-0.4, -0.2) is 16.5 Å². The third-order valence-corrected chi connectivity index (χ3v) is 2.85. The SMILES string of the molecule is CCNc1nccc(NCc2cccc(Br)c2)n1. The van der Waals surface area contributed by atoms with Gasteiger partial charge >= 0.3 is 0 Å². The van der Waals surface area contributed by atoms with Crippen LogP contribution in [0.5, 0.6) is 0 Å². The van der Waals surface area contributed by atoms with E-state index in [0.717, 1.165) is 23.4 Å². The van der Waals surface area contributed by atoms with Crippen molar-refractivity contribution in [2.75, 3.05) is 17.2 Å². The van der Waals surface area contributed by atoms with Gasteiger partial charge in [-0.3, -0.25) is 0 Å². The Kier molecular flexibility index (Phi) is 4.52. The standard InChI is InChI=1S/C13H15BrN4/c1-2-15-13-16-7-6-12(18-13)17-9-10-4-3-5-11(14)8-10/h3-8H,2,9H2,1H3,(H2,15,16,17,18). The maximum absolute atomic E-state index is 4.35. The average molecular weight is 307 g/mol. The van der Waals surface area contributed by atoms with E-state index in [4.69, 9.17) is 0 Å². The third kappa shape index (κ3) is 3.70. The summed E-state index contributed by atoms with van der Waals surface area (Å²) in [6.07, 6.45) is 1.74. The number of hydrogen-bond acceptors (Lipinski definition) is 4. The molecule has 4 nitrogen and oxygen atoms in total. The van der Waals surface area contributed by atoms with E-state index in [1.807, 2.05) is 25.1 Å². The molecule has 2 N–H and O–H groups in total. The van der Waals surface area contributed by atoms with Gasteiger partial charge in [0.25, 0.3) is 0 Å². The summed E-state index contributed by atoms with van der Waals surface area (Å²) in [6, 6.07) is 10.0. The largest absolute Gasteiger partial charge is 0.366 e. The van der Waals surface area contributed by atoms with Crippen LogP contribution in [0.15, 0.2) is 41.0 Å². The van der Waals surface area contributed by atoms with Crippen molar-refractivity contribution in [2.24, 2.45) is 0 Å². The van der Waals surface area contributed by atoms with Crippen molar-refractivity contribution >= 4 is 27.7 Å². The molecule has 94 valence electrons. The van der Waals surface area contributed by atoms with Gasteiger partial charge in [0, 0.05) is 23.8 Å². The number of aromatic nitrogens is 2. The van der Waals surface area contributed by atoms with Crippen molar-refractivity contribution in [1.82, 2.24) is 9.97 Å². The molecule has 0 saturated carbocycles. The lowest BCUT2D eigenvalue weighted by atomic mass is 10.2. The van der Waals surface area contributed by atoms with E-state index >= 15 is 0 Å². The van der Waals surface area contributed by atoms with Gasteiger partial charge in [-0.15, -0.1) is 0 Å². The molecule has 1 heterocycles. The zero-order valence-electron chi connectivity index (χ0n) is 10.2. The fourth-order valence-corrected chi connectivity index (χ4v) is 1.99. The van der Waals surface area contributed by atoms with Gasteiger partial charge in [-0.05, 0) is 30.7 Å². The van der Waals surface area contributed by atoms with E-state index in [-0.39, 0.29) is 0 Å². The number of hydrogen-bond donors (Lipinski definition) is 2. The highest BCUT2D eigenvalue weighted by Crippen LogP contribution is 2.13. The summed E-state index contributed by atoms with van der Waals surface area (Å²) in [5.74, 6) is 1.47. The van der Waals surface area contributed by atoms with Crippen molar-refractivity contribution in [1.29, 1.82) is 0 Å². The van der Waals surface area contributed by atoms with E-state index in [0.29, 0.717) is 5.95 Å². The first-order valence-electron chi connectivity index (χ1n) is 5.83. The summed E-state index contributed by atoms with van der Waals surface area (Å²) in [5, 5.41) is 6.36. The second-order valence-corrected chi connectivity index (χ2v) is 4.69. The van der Waals surface area contributed by atoms with E-state index in [9.17, 15) is 0 Å². The van der Waals surface area contributed by atoms with Crippen LogP contribution in [0.25, 0.3) is 0 Å². The Balaban J connectivity index is 1.99. The summed E-state index contributed by atoms with van der Waals surface area (Å²) in [7, 11) is 0. The maximum Gasteiger partial charge on any atom is 0.224 e. The monoisotopic (exact) mass is 306 g/mol. The molecule has 18 heavy (non-hydrogen) atoms. The van der Waals surface area contributed by atoms with E-state index in [2.05, 4.69) is 48.7 Å². The van der Waals surface area contributed by atoms with Crippen molar-refractivity contribution in [2.45, 2.75) is 13.5 Å². The second kappa shape index (κ2) is 6.35. The van der Waals surface area contributed by atoms with Gasteiger partial charge < -0.3 is 10.6 Å². The summed E-state index contributed by atoms with van der Waals surface area (Å²) < 4.78 is 1.08. The van der Waals surface area contributed by atoms with Gasteiger partial charge in [-0.2, -0.15) is 4.98 Å². The molecule has 1 aromatic carbocycles. The minimum Gasteiger partial charge on any atom is -0.366 e. The fraction of sp³-hybridized carbons (Fsp3) is 0.231. The smallest absolute Gasteiger partial charge is 0.224 e. The van der Waals surface area contributed by atoms with E-state index < -0.39 is 0 Å². The fourth-order valence-electron chi connectivity index (χ4n) is 1.54. The summed E-state index contributed by atoms with van der Waals surface area (Å²) in [5.41, 5.74) is 1.20. The minimum absolute atomic E-state index is 0.650. The highest BCUT2D eigenvalue weighted by Gasteiger charge is 1.98. The van der Waals surface area contributed by atoms with Crippen molar-refractivity contribution in [3.63, 3.8) is 0 Å². The molecule has 0 fully saturated rings. The summed E-state index contributed by atoms with van der Waals surface area (Å²) >= 11 is 3.46. The number of rotatable bonds is 5. The number of halogens is 1. The van der Waals surface area contributed by atoms with Crippen LogP contribution in [0.1, 0.15) is 12.5 Å². The molecule has 2 aromatic rings. The topological polar surface area (TPSA) is 49.8 Å². The van der Waals surface area contributed by atoms with Crippen molar-refractivity contribution in [3.05, 3.63) is 46.6 Å². The Hall–Kier alpha value is -1.62. The molecule has 0 amide bonds. The summed E-state index contributed by atoms with van der Waals surface area (Å²) in [6.45, 7) is 3.57. The lowest BCUT2D eigenvalue weighted by molar-refractivity contribution is 1.05. The Morgan fingerprint density at radius 1 is 1.22 bits per heavy atom. The Labute approximate surface area is 115 Å². The first-order chi connectivity index (χ1) is 8.78. The van der Waals surface area contributed by atoms with Crippen LogP contribution in [0, 0.1) is 0 Å². The first-order valence-corrected chi connectivity index (χ1v) is 6.62. The molecule has 0 aliphatic rings. The lowest BCUT2D eigenvalue weighted by Crippen LogP contribution is -2.06. The predicted octanol–water partition coefficient (Wildman–Crippen LogP) is 3.28. The lowest BCUT2D eigenvalue weighted by Gasteiger charge is -2.07. The predicted molar refractivity (Wildman–Crippen MR) is 77.7 cm³/mol. The number of nitrogens with one attached hydrogen (secondary N) is 2. The van der Waals surface area contributed by atoms with Crippen molar-refractivity contribution in [3.8, 4) is 0 Å². The van der Waals surface area contributed by atoms with Gasteiger partial charge in [0.05, 0.1) is 0 Å². The molecular weight excluding hydrogens is 292 g/mol. The second-order valence-electron chi connectivity index (χ2n) is 3.78. The molecule has 0 unspecified atom stereocenters. The van der Waals surface area contributed by atoms with Crippen LogP contribution in [-0.2, 0) is 6.54 Å². The van der Waals surface area contributed by atoms with E-state index in [1.54, 1.807) is 6.20 Å². The zero-order valence-corrected chi connectivity index (χ0v) is 11.7. The highest BCUT2D eigenvalue weighted by atomic mass is 79.9. The molecule has 1 aromatic heterocycles. The molecule has 2 rings (SSSR count). The normalized spacial score (nSPS) is 10.1. The number of benzene rings is 1. The van der Waals surface area contributed by atoms with Crippen LogP contribution in [0.2, 0.25) is 0 Å². The Morgan fingerprint density at radius 2 is 2.11 bits per heavy atom. The molecule has 0 aliphatic carbocycles. The van der Waals surface area contributed by atoms with Crippen LogP contribution in [0.4, 0.5) is 11.8 Å². The molecule has 0 aliphatic heterocycles. The van der Waals surface area contributed by atoms with Gasteiger partial charge in [0.2, 0.25) is 5.95 Å². The third-order valence-electron chi connectivity index (χ3n) is 2.35. The van der Waals surface area contributed by atoms with Gasteiger partial charge in [0.1, 0.15) is 5.82 Å². The van der Waals surface area contributed by atoms with Crippen LogP contribution in [0.3, 0.4) is 0 Å². The Morgan fingerprint density at radius 3 is 2.89 bits per heavy atom. The molecule has 0 saturated heterocycles. The molecule has 0 radical (unpaired) electrons. The highest BCUT2D eigenvalue weighted by molar-refractivity contribution is 9.10. The maximum atomic E-state index is 4.35. The summed E-state index contributed by atoms with van der Waals surface area (Å²) in [4.78, 5) is 8.48. The van der Waals surface area contributed by atoms with Crippen LogP contribution < -0.4 is 10.6 Å². The average Bonchev–Trinajstić information content (AvgIpc) is 2.37. The van der Waals surface area contributed by atoms with Gasteiger partial charge in [-0.25, -0.2) is 4.98 Å². The first kappa shape index (κ1) is 12.8. The minimum atomic E-state index is 0.650. The van der Waals surface area contributed by atoms with Gasteiger partial charge in [-0.1, -0.05) is 28.1 Å². The molecule has 0 bridgehead atoms. The number of nitrogens with zero attached hydrogens (tertiary/aromatic N) is 2. The molecular formula is C13H15BrN4. The van der Waals surface area contributed by atoms with Gasteiger partial charge in [0.15, 0.2) is 0 Å². The van der Waals surface area contributed by atoms with Crippen molar-refractivity contribution < 1.29 is 0 Å². The molecule has 0 atom stereocenters. The Bertz CT molecular complexity index is 516.